The van der Waals surface area contributed by atoms with Crippen LogP contribution in [0.5, 0.6) is 0 Å². The van der Waals surface area contributed by atoms with Crippen molar-refractivity contribution in [3.05, 3.63) is 106 Å². The summed E-state index contributed by atoms with van der Waals surface area (Å²) in [6.07, 6.45) is 9.76. The van der Waals surface area contributed by atoms with E-state index in [0.29, 0.717) is 5.56 Å². The molecule has 0 amide bonds. The summed E-state index contributed by atoms with van der Waals surface area (Å²) in [5, 5.41) is 2.32. The molecule has 1 aliphatic rings. The molecule has 5 aromatic rings. The van der Waals surface area contributed by atoms with Gasteiger partial charge in [0.25, 0.3) is 0 Å². The average molecular weight is 561 g/mol. The predicted octanol–water partition coefficient (Wildman–Crippen LogP) is 9.84. The topological polar surface area (TPSA) is 36.2 Å². The van der Waals surface area contributed by atoms with Gasteiger partial charge < -0.3 is 13.9 Å². The number of benzene rings is 3. The van der Waals surface area contributed by atoms with Gasteiger partial charge >= 0.3 is 5.97 Å². The quantitative estimate of drug-likeness (QED) is 0.112. The lowest BCUT2D eigenvalue weighted by atomic mass is 9.77. The molecule has 6 rings (SSSR count). The van der Waals surface area contributed by atoms with Crippen LogP contribution in [-0.2, 0) is 23.4 Å². The summed E-state index contributed by atoms with van der Waals surface area (Å²) in [4.78, 5) is 13.8. The Morgan fingerprint density at radius 3 is 1.74 bits per heavy atom. The van der Waals surface area contributed by atoms with Crippen LogP contribution in [0.15, 0.2) is 72.8 Å². The fourth-order valence-electron chi connectivity index (χ4n) is 7.41. The van der Waals surface area contributed by atoms with Gasteiger partial charge in [0.05, 0.1) is 5.56 Å². The van der Waals surface area contributed by atoms with Gasteiger partial charge in [-0.15, -0.1) is 0 Å². The number of carbonyl (C=O) groups is 1. The van der Waals surface area contributed by atoms with Crippen molar-refractivity contribution in [3.8, 4) is 0 Å². The SMILES string of the molecule is CCCCCCCCn1c(C)c(C2(c3c(C)n(CCCC)c4ccccc34)OC(=O)c3ccccc32)c2ccccc21. The summed E-state index contributed by atoms with van der Waals surface area (Å²) < 4.78 is 11.7. The van der Waals surface area contributed by atoms with E-state index in [2.05, 4.69) is 91.4 Å². The molecule has 0 saturated carbocycles. The molecule has 0 N–H and O–H groups in total. The first-order valence-corrected chi connectivity index (χ1v) is 16.0. The van der Waals surface area contributed by atoms with E-state index in [1.807, 2.05) is 18.2 Å². The van der Waals surface area contributed by atoms with Crippen molar-refractivity contribution >= 4 is 27.8 Å². The second-order valence-corrected chi connectivity index (χ2v) is 12.0. The van der Waals surface area contributed by atoms with Crippen LogP contribution in [0.25, 0.3) is 21.8 Å². The lowest BCUT2D eigenvalue weighted by molar-refractivity contribution is 0.0255. The van der Waals surface area contributed by atoms with Crippen molar-refractivity contribution in [1.82, 2.24) is 9.13 Å². The Morgan fingerprint density at radius 2 is 1.12 bits per heavy atom. The molecule has 1 atom stereocenters. The molecule has 2 aromatic heterocycles. The first kappa shape index (κ1) is 28.3. The Balaban J connectivity index is 1.62. The van der Waals surface area contributed by atoms with Gasteiger partial charge in [0, 0.05) is 63.0 Å². The number of aromatic nitrogens is 2. The summed E-state index contributed by atoms with van der Waals surface area (Å²) >= 11 is 0. The number of aryl methyl sites for hydroxylation is 2. The van der Waals surface area contributed by atoms with Gasteiger partial charge in [-0.2, -0.15) is 0 Å². The first-order chi connectivity index (χ1) is 20.5. The summed E-state index contributed by atoms with van der Waals surface area (Å²) in [6, 6.07) is 25.4. The predicted molar refractivity (Wildman–Crippen MR) is 173 cm³/mol. The van der Waals surface area contributed by atoms with Gasteiger partial charge in [-0.05, 0) is 44.9 Å². The second kappa shape index (κ2) is 11.8. The number of hydrogen-bond donors (Lipinski definition) is 0. The molecule has 0 spiro atoms. The van der Waals surface area contributed by atoms with Crippen LogP contribution in [0.4, 0.5) is 0 Å². The minimum absolute atomic E-state index is 0.248. The van der Waals surface area contributed by atoms with E-state index < -0.39 is 5.60 Å². The smallest absolute Gasteiger partial charge is 0.340 e. The zero-order chi connectivity index (χ0) is 29.3. The second-order valence-electron chi connectivity index (χ2n) is 12.0. The van der Waals surface area contributed by atoms with Crippen molar-refractivity contribution in [2.75, 3.05) is 0 Å². The van der Waals surface area contributed by atoms with Crippen molar-refractivity contribution in [2.24, 2.45) is 0 Å². The number of unbranched alkanes of at least 4 members (excludes halogenated alkanes) is 6. The van der Waals surface area contributed by atoms with Crippen LogP contribution < -0.4 is 0 Å². The molecule has 218 valence electrons. The highest BCUT2D eigenvalue weighted by Gasteiger charge is 2.53. The van der Waals surface area contributed by atoms with Gasteiger partial charge in [-0.1, -0.05) is 107 Å². The van der Waals surface area contributed by atoms with E-state index >= 15 is 0 Å². The van der Waals surface area contributed by atoms with Crippen LogP contribution in [0, 0.1) is 13.8 Å². The summed E-state index contributed by atoms with van der Waals surface area (Å²) in [5.41, 5.74) is 7.53. The Labute approximate surface area is 250 Å². The van der Waals surface area contributed by atoms with Crippen molar-refractivity contribution in [2.45, 2.75) is 97.8 Å². The molecule has 4 heteroatoms. The molecule has 3 aromatic carbocycles. The van der Waals surface area contributed by atoms with E-state index in [1.165, 1.54) is 54.5 Å². The summed E-state index contributed by atoms with van der Waals surface area (Å²) in [7, 11) is 0. The largest absolute Gasteiger partial charge is 0.440 e. The zero-order valence-corrected chi connectivity index (χ0v) is 25.7. The standard InChI is InChI=1S/C38H44N2O2/c1-5-7-9-10-11-18-26-40-28(4)36(31-21-14-17-24-34(31)40)38(32-22-15-12-19-29(32)37(41)42-38)35-27(3)39(25-8-6-2)33-23-16-13-20-30(33)35/h12-17,19-24H,5-11,18,25-26H2,1-4H3. The third kappa shape index (κ3) is 4.47. The Kier molecular flexibility index (Phi) is 7.98. The number of hydrogen-bond acceptors (Lipinski definition) is 2. The van der Waals surface area contributed by atoms with Crippen molar-refractivity contribution in [3.63, 3.8) is 0 Å². The third-order valence-corrected chi connectivity index (χ3v) is 9.41. The molecule has 0 aliphatic carbocycles. The number of fused-ring (bicyclic) bond motifs is 3. The summed E-state index contributed by atoms with van der Waals surface area (Å²) in [6.45, 7) is 10.8. The molecule has 3 heterocycles. The number of cyclic esters (lactones) is 1. The molecular formula is C38H44N2O2. The zero-order valence-electron chi connectivity index (χ0n) is 25.7. The fraction of sp³-hybridized carbons (Fsp3) is 0.395. The monoisotopic (exact) mass is 560 g/mol. The minimum atomic E-state index is -1.04. The Morgan fingerprint density at radius 1 is 0.619 bits per heavy atom. The maximum absolute atomic E-state index is 13.8. The maximum Gasteiger partial charge on any atom is 0.340 e. The van der Waals surface area contributed by atoms with Crippen LogP contribution in [-0.4, -0.2) is 15.1 Å². The number of rotatable bonds is 12. The highest BCUT2D eigenvalue weighted by atomic mass is 16.6. The average Bonchev–Trinajstić information content (AvgIpc) is 3.58. The molecule has 0 radical (unpaired) electrons. The fourth-order valence-corrected chi connectivity index (χ4v) is 7.41. The molecule has 4 nitrogen and oxygen atoms in total. The van der Waals surface area contributed by atoms with Gasteiger partial charge in [0.15, 0.2) is 5.60 Å². The molecule has 0 fully saturated rings. The van der Waals surface area contributed by atoms with E-state index in [0.717, 1.165) is 59.8 Å². The van der Waals surface area contributed by atoms with E-state index in [1.54, 1.807) is 0 Å². The van der Waals surface area contributed by atoms with E-state index in [4.69, 9.17) is 4.74 Å². The maximum atomic E-state index is 13.8. The summed E-state index contributed by atoms with van der Waals surface area (Å²) in [5.74, 6) is -0.248. The van der Waals surface area contributed by atoms with Crippen LogP contribution in [0.3, 0.4) is 0 Å². The molecule has 0 saturated heterocycles. The van der Waals surface area contributed by atoms with Gasteiger partial charge in [-0.25, -0.2) is 4.79 Å². The molecule has 1 aliphatic heterocycles. The number of ether oxygens (including phenoxy) is 1. The Bertz CT molecular complexity index is 1740. The number of nitrogens with zero attached hydrogens (tertiary/aromatic N) is 2. The van der Waals surface area contributed by atoms with Crippen LogP contribution >= 0.6 is 0 Å². The number of para-hydroxylation sites is 2. The van der Waals surface area contributed by atoms with E-state index in [9.17, 15) is 4.79 Å². The molecule has 42 heavy (non-hydrogen) atoms. The van der Waals surface area contributed by atoms with Crippen LogP contribution in [0.2, 0.25) is 0 Å². The molecule has 0 bridgehead atoms. The molecule has 1 unspecified atom stereocenters. The lowest BCUT2D eigenvalue weighted by Crippen LogP contribution is -2.31. The van der Waals surface area contributed by atoms with Gasteiger partial charge in [-0.3, -0.25) is 0 Å². The highest BCUT2D eigenvalue weighted by molar-refractivity contribution is 6.01. The highest BCUT2D eigenvalue weighted by Crippen LogP contribution is 2.54. The van der Waals surface area contributed by atoms with Crippen molar-refractivity contribution < 1.29 is 9.53 Å². The minimum Gasteiger partial charge on any atom is -0.440 e. The van der Waals surface area contributed by atoms with Gasteiger partial charge in [0.1, 0.15) is 0 Å². The molecular weight excluding hydrogens is 516 g/mol. The number of carbonyl (C=O) groups excluding carboxylic acids is 1. The normalized spacial score (nSPS) is 16.4. The Hall–Kier alpha value is -3.79. The van der Waals surface area contributed by atoms with Gasteiger partial charge in [0.2, 0.25) is 0 Å². The van der Waals surface area contributed by atoms with E-state index in [-0.39, 0.29) is 5.97 Å². The first-order valence-electron chi connectivity index (χ1n) is 16.0. The number of esters is 1. The van der Waals surface area contributed by atoms with Crippen molar-refractivity contribution in [1.29, 1.82) is 0 Å². The van der Waals surface area contributed by atoms with Crippen LogP contribution in [0.1, 0.15) is 104 Å². The lowest BCUT2D eigenvalue weighted by Gasteiger charge is -2.31. The third-order valence-electron chi connectivity index (χ3n) is 9.41.